The minimum atomic E-state index is 0.198. The highest BCUT2D eigenvalue weighted by Crippen LogP contribution is 2.41. The predicted octanol–water partition coefficient (Wildman–Crippen LogP) is 3.44. The van der Waals surface area contributed by atoms with Crippen molar-refractivity contribution in [1.82, 2.24) is 4.90 Å². The van der Waals surface area contributed by atoms with Gasteiger partial charge in [0.2, 0.25) is 0 Å². The van der Waals surface area contributed by atoms with E-state index in [9.17, 15) is 5.11 Å². The van der Waals surface area contributed by atoms with Gasteiger partial charge < -0.3 is 5.11 Å². The van der Waals surface area contributed by atoms with Crippen LogP contribution in [0, 0.1) is 11.3 Å². The van der Waals surface area contributed by atoms with Crippen molar-refractivity contribution in [3.8, 4) is 0 Å². The van der Waals surface area contributed by atoms with Gasteiger partial charge in [0.1, 0.15) is 0 Å². The summed E-state index contributed by atoms with van der Waals surface area (Å²) in [5, 5.41) is 9.94. The molecule has 1 heterocycles. The summed E-state index contributed by atoms with van der Waals surface area (Å²) in [6.07, 6.45) is 9.08. The van der Waals surface area contributed by atoms with E-state index in [4.69, 9.17) is 0 Å². The lowest BCUT2D eigenvalue weighted by Crippen LogP contribution is -2.47. The average molecular weight is 253 g/mol. The molecule has 2 rings (SSSR count). The first kappa shape index (κ1) is 14.3. The Bertz CT molecular complexity index is 268. The van der Waals surface area contributed by atoms with Crippen LogP contribution in [0.15, 0.2) is 0 Å². The minimum absolute atomic E-state index is 0.198. The van der Waals surface area contributed by atoms with E-state index in [1.165, 1.54) is 44.9 Å². The van der Waals surface area contributed by atoms with E-state index in [2.05, 4.69) is 25.7 Å². The van der Waals surface area contributed by atoms with Crippen LogP contribution >= 0.6 is 0 Å². The van der Waals surface area contributed by atoms with E-state index >= 15 is 0 Å². The third kappa shape index (κ3) is 2.91. The molecule has 1 N–H and O–H groups in total. The number of nitrogens with zero attached hydrogens (tertiary/aromatic N) is 1. The van der Waals surface area contributed by atoms with Gasteiger partial charge in [-0.3, -0.25) is 4.90 Å². The first-order valence-corrected chi connectivity index (χ1v) is 7.97. The van der Waals surface area contributed by atoms with Crippen LogP contribution in [-0.4, -0.2) is 35.2 Å². The summed E-state index contributed by atoms with van der Waals surface area (Å²) in [5.74, 6) is 0.795. The monoisotopic (exact) mass is 253 g/mol. The van der Waals surface area contributed by atoms with Crippen molar-refractivity contribution >= 4 is 0 Å². The third-order valence-corrected chi connectivity index (χ3v) is 5.46. The van der Waals surface area contributed by atoms with Crippen LogP contribution in [0.5, 0.6) is 0 Å². The Kier molecular flexibility index (Phi) is 4.71. The van der Waals surface area contributed by atoms with Gasteiger partial charge in [-0.15, -0.1) is 0 Å². The van der Waals surface area contributed by atoms with Gasteiger partial charge >= 0.3 is 0 Å². The van der Waals surface area contributed by atoms with Crippen molar-refractivity contribution in [2.24, 2.45) is 11.3 Å². The maximum absolute atomic E-state index is 9.94. The Morgan fingerprint density at radius 2 is 2.00 bits per heavy atom. The van der Waals surface area contributed by atoms with Gasteiger partial charge in [0.25, 0.3) is 0 Å². The Labute approximate surface area is 113 Å². The zero-order valence-corrected chi connectivity index (χ0v) is 12.5. The molecule has 0 spiro atoms. The fourth-order valence-electron chi connectivity index (χ4n) is 4.34. The van der Waals surface area contributed by atoms with E-state index in [1.807, 2.05) is 0 Å². The molecule has 2 aliphatic rings. The Morgan fingerprint density at radius 1 is 1.22 bits per heavy atom. The molecule has 2 nitrogen and oxygen atoms in total. The Morgan fingerprint density at radius 3 is 2.61 bits per heavy atom. The highest BCUT2D eigenvalue weighted by Gasteiger charge is 2.40. The molecule has 1 saturated heterocycles. The topological polar surface area (TPSA) is 23.5 Å². The van der Waals surface area contributed by atoms with Gasteiger partial charge in [0.05, 0.1) is 0 Å². The molecule has 0 aromatic heterocycles. The molecule has 0 aromatic carbocycles. The number of hydrogen-bond donors (Lipinski definition) is 1. The molecule has 106 valence electrons. The second-order valence-electron chi connectivity index (χ2n) is 7.02. The molecule has 1 aliphatic carbocycles. The second kappa shape index (κ2) is 5.92. The zero-order valence-electron chi connectivity index (χ0n) is 12.5. The van der Waals surface area contributed by atoms with E-state index in [0.717, 1.165) is 24.5 Å². The molecule has 0 radical (unpaired) electrons. The van der Waals surface area contributed by atoms with E-state index in [0.29, 0.717) is 6.61 Å². The van der Waals surface area contributed by atoms with E-state index in [-0.39, 0.29) is 5.41 Å². The van der Waals surface area contributed by atoms with E-state index in [1.54, 1.807) is 0 Å². The first-order chi connectivity index (χ1) is 8.60. The molecule has 1 aliphatic heterocycles. The van der Waals surface area contributed by atoms with Gasteiger partial charge in [0, 0.05) is 30.7 Å². The van der Waals surface area contributed by atoms with Crippen LogP contribution in [0.25, 0.3) is 0 Å². The van der Waals surface area contributed by atoms with Gasteiger partial charge in [-0.1, -0.05) is 26.7 Å². The summed E-state index contributed by atoms with van der Waals surface area (Å²) in [7, 11) is 0. The second-order valence-corrected chi connectivity index (χ2v) is 7.02. The molecule has 4 atom stereocenters. The predicted molar refractivity (Wildman–Crippen MR) is 76.6 cm³/mol. The van der Waals surface area contributed by atoms with Crippen molar-refractivity contribution in [2.45, 2.75) is 77.8 Å². The van der Waals surface area contributed by atoms with Gasteiger partial charge in [0.15, 0.2) is 0 Å². The van der Waals surface area contributed by atoms with Crippen LogP contribution in [0.4, 0.5) is 0 Å². The number of aliphatic hydroxyl groups is 1. The highest BCUT2D eigenvalue weighted by molar-refractivity contribution is 4.93. The lowest BCUT2D eigenvalue weighted by Gasteiger charge is -2.43. The molecule has 18 heavy (non-hydrogen) atoms. The number of rotatable bonds is 4. The van der Waals surface area contributed by atoms with Crippen molar-refractivity contribution in [1.29, 1.82) is 0 Å². The van der Waals surface area contributed by atoms with Crippen molar-refractivity contribution in [2.75, 3.05) is 13.2 Å². The van der Waals surface area contributed by atoms with Crippen LogP contribution in [-0.2, 0) is 0 Å². The summed E-state index contributed by atoms with van der Waals surface area (Å²) in [4.78, 5) is 2.70. The summed E-state index contributed by atoms with van der Waals surface area (Å²) >= 11 is 0. The molecule has 0 aromatic rings. The number of hydrogen-bond acceptors (Lipinski definition) is 2. The third-order valence-electron chi connectivity index (χ3n) is 5.46. The van der Waals surface area contributed by atoms with Crippen molar-refractivity contribution in [3.05, 3.63) is 0 Å². The molecule has 0 bridgehead atoms. The van der Waals surface area contributed by atoms with Gasteiger partial charge in [-0.25, -0.2) is 0 Å². The fourth-order valence-corrected chi connectivity index (χ4v) is 4.34. The van der Waals surface area contributed by atoms with Crippen LogP contribution in [0.2, 0.25) is 0 Å². The zero-order chi connectivity index (χ0) is 13.2. The molecule has 2 fully saturated rings. The van der Waals surface area contributed by atoms with Gasteiger partial charge in [-0.2, -0.15) is 0 Å². The average Bonchev–Trinajstić information content (AvgIpc) is 2.70. The molecule has 0 amide bonds. The fraction of sp³-hybridized carbons (Fsp3) is 1.00. The summed E-state index contributed by atoms with van der Waals surface area (Å²) in [6, 6.07) is 1.48. The normalized spacial score (nSPS) is 42.3. The van der Waals surface area contributed by atoms with Gasteiger partial charge in [-0.05, 0) is 44.9 Å². The molecule has 2 heteroatoms. The van der Waals surface area contributed by atoms with Crippen LogP contribution < -0.4 is 0 Å². The standard InChI is InChI=1S/C16H31NO/c1-4-15-8-7-14(3)17(15)11-16(12-18)9-5-6-13(2)10-16/h13-15,18H,4-12H2,1-3H3. The highest BCUT2D eigenvalue weighted by atomic mass is 16.3. The largest absolute Gasteiger partial charge is 0.396 e. The van der Waals surface area contributed by atoms with Crippen LogP contribution in [0.1, 0.15) is 65.7 Å². The smallest absolute Gasteiger partial charge is 0.0499 e. The maximum atomic E-state index is 9.94. The SMILES string of the molecule is CCC1CCC(C)N1CC1(CO)CCCC(C)C1. The van der Waals surface area contributed by atoms with Crippen molar-refractivity contribution < 1.29 is 5.11 Å². The number of aliphatic hydroxyl groups excluding tert-OH is 1. The Hall–Kier alpha value is -0.0800. The summed E-state index contributed by atoms with van der Waals surface area (Å²) in [6.45, 7) is 8.55. The minimum Gasteiger partial charge on any atom is -0.396 e. The van der Waals surface area contributed by atoms with Crippen molar-refractivity contribution in [3.63, 3.8) is 0 Å². The molecule has 4 unspecified atom stereocenters. The first-order valence-electron chi connectivity index (χ1n) is 7.97. The number of likely N-dealkylation sites (tertiary alicyclic amines) is 1. The maximum Gasteiger partial charge on any atom is 0.0499 e. The van der Waals surface area contributed by atoms with E-state index < -0.39 is 0 Å². The van der Waals surface area contributed by atoms with Crippen LogP contribution in [0.3, 0.4) is 0 Å². The summed E-state index contributed by atoms with van der Waals surface area (Å²) < 4.78 is 0. The molecule has 1 saturated carbocycles. The summed E-state index contributed by atoms with van der Waals surface area (Å²) in [5.41, 5.74) is 0.198. The quantitative estimate of drug-likeness (QED) is 0.829. The molecular formula is C16H31NO. The lowest BCUT2D eigenvalue weighted by atomic mass is 9.70. The molecular weight excluding hydrogens is 222 g/mol. The Balaban J connectivity index is 2.04. The lowest BCUT2D eigenvalue weighted by molar-refractivity contribution is 0.00983.